The highest BCUT2D eigenvalue weighted by atomic mass is 32.2. The molecule has 1 aliphatic heterocycles. The summed E-state index contributed by atoms with van der Waals surface area (Å²) in [4.78, 5) is 0. The Morgan fingerprint density at radius 1 is 1.24 bits per heavy atom. The Balaban J connectivity index is 1.83. The molecule has 1 fully saturated rings. The molecule has 1 aromatic rings. The Labute approximate surface area is 128 Å². The molecule has 1 aliphatic rings. The molecule has 2 rings (SSSR count). The first-order chi connectivity index (χ1) is 10.1. The van der Waals surface area contributed by atoms with E-state index in [2.05, 4.69) is 23.0 Å². The maximum absolute atomic E-state index is 12.1. The third-order valence-electron chi connectivity index (χ3n) is 4.13. The molecule has 5 heteroatoms. The number of rotatable bonds is 7. The average molecular weight is 310 g/mol. The summed E-state index contributed by atoms with van der Waals surface area (Å²) in [5.41, 5.74) is 2.27. The Morgan fingerprint density at radius 3 is 2.67 bits per heavy atom. The van der Waals surface area contributed by atoms with E-state index in [4.69, 9.17) is 0 Å². The van der Waals surface area contributed by atoms with Crippen LogP contribution in [-0.4, -0.2) is 26.8 Å². The Hall–Kier alpha value is -0.910. The minimum atomic E-state index is -3.19. The van der Waals surface area contributed by atoms with Gasteiger partial charge >= 0.3 is 0 Å². The van der Waals surface area contributed by atoms with Crippen LogP contribution in [0.25, 0.3) is 0 Å². The van der Waals surface area contributed by atoms with Gasteiger partial charge in [0, 0.05) is 12.6 Å². The molecule has 0 radical (unpaired) electrons. The number of aryl methyl sites for hydroxylation is 1. The molecule has 0 spiro atoms. The monoisotopic (exact) mass is 310 g/mol. The maximum Gasteiger partial charge on any atom is 0.211 e. The highest BCUT2D eigenvalue weighted by Crippen LogP contribution is 2.12. The number of benzene rings is 1. The molecule has 0 saturated carbocycles. The minimum absolute atomic E-state index is 0.207. The summed E-state index contributed by atoms with van der Waals surface area (Å²) in [5.74, 6) is 0.207. The van der Waals surface area contributed by atoms with Gasteiger partial charge in [0.05, 0.1) is 5.75 Å². The van der Waals surface area contributed by atoms with Crippen LogP contribution in [0.5, 0.6) is 0 Å². The Kier molecular flexibility index (Phi) is 6.21. The van der Waals surface area contributed by atoms with E-state index in [1.165, 1.54) is 18.4 Å². The van der Waals surface area contributed by atoms with E-state index in [-0.39, 0.29) is 5.75 Å². The predicted octanol–water partition coefficient (Wildman–Crippen LogP) is 2.20. The van der Waals surface area contributed by atoms with Crippen molar-refractivity contribution in [1.82, 2.24) is 10.0 Å². The summed E-state index contributed by atoms with van der Waals surface area (Å²) in [6, 6.07) is 8.35. The number of hydrogen-bond acceptors (Lipinski definition) is 3. The average Bonchev–Trinajstić information content (AvgIpc) is 2.52. The molecule has 2 N–H and O–H groups in total. The van der Waals surface area contributed by atoms with Gasteiger partial charge in [0.2, 0.25) is 10.0 Å². The molecule has 118 valence electrons. The molecule has 1 unspecified atom stereocenters. The fourth-order valence-electron chi connectivity index (χ4n) is 2.80. The van der Waals surface area contributed by atoms with Crippen LogP contribution in [0.15, 0.2) is 24.3 Å². The van der Waals surface area contributed by atoms with Gasteiger partial charge < -0.3 is 5.32 Å². The molecule has 1 heterocycles. The predicted molar refractivity (Wildman–Crippen MR) is 86.7 cm³/mol. The third-order valence-corrected chi connectivity index (χ3v) is 5.49. The Morgan fingerprint density at radius 2 is 2.00 bits per heavy atom. The Bertz CT molecular complexity index is 537. The van der Waals surface area contributed by atoms with Crippen LogP contribution in [0.3, 0.4) is 0 Å². The second kappa shape index (κ2) is 7.92. The van der Waals surface area contributed by atoms with Crippen LogP contribution in [-0.2, 0) is 23.0 Å². The standard InChI is InChI=1S/C16H26N2O2S/c1-2-14-7-3-4-8-15(14)13-18-21(19,20)12-10-16-9-5-6-11-17-16/h3-4,7-8,16-18H,2,5-6,9-13H2,1H3. The SMILES string of the molecule is CCc1ccccc1CNS(=O)(=O)CCC1CCCCN1. The number of hydrogen-bond donors (Lipinski definition) is 2. The van der Waals surface area contributed by atoms with E-state index < -0.39 is 10.0 Å². The summed E-state index contributed by atoms with van der Waals surface area (Å²) < 4.78 is 26.9. The number of nitrogens with one attached hydrogen (secondary N) is 2. The quantitative estimate of drug-likeness (QED) is 0.812. The molecule has 0 aromatic heterocycles. The van der Waals surface area contributed by atoms with E-state index in [0.717, 1.165) is 24.9 Å². The molecule has 21 heavy (non-hydrogen) atoms. The lowest BCUT2D eigenvalue weighted by atomic mass is 10.0. The fraction of sp³-hybridized carbons (Fsp3) is 0.625. The number of sulfonamides is 1. The molecule has 0 aliphatic carbocycles. The fourth-order valence-corrected chi connectivity index (χ4v) is 3.92. The first-order valence-electron chi connectivity index (χ1n) is 7.88. The second-order valence-corrected chi connectivity index (χ2v) is 7.62. The lowest BCUT2D eigenvalue weighted by molar-refractivity contribution is 0.392. The smallest absolute Gasteiger partial charge is 0.211 e. The van der Waals surface area contributed by atoms with Crippen molar-refractivity contribution in [3.05, 3.63) is 35.4 Å². The highest BCUT2D eigenvalue weighted by molar-refractivity contribution is 7.89. The van der Waals surface area contributed by atoms with Crippen LogP contribution in [0.4, 0.5) is 0 Å². The molecule has 0 amide bonds. The summed E-state index contributed by atoms with van der Waals surface area (Å²) in [7, 11) is -3.19. The molecule has 1 atom stereocenters. The highest BCUT2D eigenvalue weighted by Gasteiger charge is 2.17. The normalized spacial score (nSPS) is 19.6. The van der Waals surface area contributed by atoms with E-state index >= 15 is 0 Å². The van der Waals surface area contributed by atoms with Gasteiger partial charge in [0.1, 0.15) is 0 Å². The zero-order valence-electron chi connectivity index (χ0n) is 12.8. The van der Waals surface area contributed by atoms with Gasteiger partial charge in [0.25, 0.3) is 0 Å². The summed E-state index contributed by atoms with van der Waals surface area (Å²) in [6.45, 7) is 3.49. The van der Waals surface area contributed by atoms with Crippen molar-refractivity contribution >= 4 is 10.0 Å². The van der Waals surface area contributed by atoms with E-state index in [0.29, 0.717) is 19.0 Å². The van der Waals surface area contributed by atoms with Gasteiger partial charge in [-0.2, -0.15) is 0 Å². The molecule has 1 saturated heterocycles. The van der Waals surface area contributed by atoms with Crippen molar-refractivity contribution in [3.8, 4) is 0 Å². The van der Waals surface area contributed by atoms with Crippen LogP contribution >= 0.6 is 0 Å². The third kappa shape index (κ3) is 5.41. The summed E-state index contributed by atoms with van der Waals surface area (Å²) in [5, 5.41) is 3.39. The summed E-state index contributed by atoms with van der Waals surface area (Å²) in [6.07, 6.45) is 5.12. The van der Waals surface area contributed by atoms with Crippen molar-refractivity contribution in [2.75, 3.05) is 12.3 Å². The van der Waals surface area contributed by atoms with Gasteiger partial charge in [-0.1, -0.05) is 37.6 Å². The van der Waals surface area contributed by atoms with Crippen LogP contribution < -0.4 is 10.0 Å². The first kappa shape index (κ1) is 16.5. The second-order valence-electron chi connectivity index (χ2n) is 5.70. The van der Waals surface area contributed by atoms with Gasteiger partial charge in [-0.25, -0.2) is 13.1 Å². The minimum Gasteiger partial charge on any atom is -0.314 e. The molecule has 1 aromatic carbocycles. The van der Waals surface area contributed by atoms with Gasteiger partial charge in [-0.15, -0.1) is 0 Å². The summed E-state index contributed by atoms with van der Waals surface area (Å²) >= 11 is 0. The largest absolute Gasteiger partial charge is 0.314 e. The van der Waals surface area contributed by atoms with Crippen LogP contribution in [0.2, 0.25) is 0 Å². The number of piperidine rings is 1. The van der Waals surface area contributed by atoms with Crippen molar-refractivity contribution in [2.45, 2.75) is 51.6 Å². The molecule has 4 nitrogen and oxygen atoms in total. The van der Waals surface area contributed by atoms with E-state index in [1.807, 2.05) is 18.2 Å². The molecule has 0 bridgehead atoms. The van der Waals surface area contributed by atoms with Crippen LogP contribution in [0.1, 0.15) is 43.7 Å². The van der Waals surface area contributed by atoms with Gasteiger partial charge in [-0.05, 0) is 43.4 Å². The maximum atomic E-state index is 12.1. The van der Waals surface area contributed by atoms with E-state index in [1.54, 1.807) is 0 Å². The van der Waals surface area contributed by atoms with Crippen molar-refractivity contribution in [2.24, 2.45) is 0 Å². The lowest BCUT2D eigenvalue weighted by Gasteiger charge is -2.23. The topological polar surface area (TPSA) is 58.2 Å². The molecular weight excluding hydrogens is 284 g/mol. The van der Waals surface area contributed by atoms with Crippen LogP contribution in [0, 0.1) is 0 Å². The zero-order valence-corrected chi connectivity index (χ0v) is 13.6. The van der Waals surface area contributed by atoms with Crippen molar-refractivity contribution < 1.29 is 8.42 Å². The van der Waals surface area contributed by atoms with Crippen molar-refractivity contribution in [1.29, 1.82) is 0 Å². The molecular formula is C16H26N2O2S. The lowest BCUT2D eigenvalue weighted by Crippen LogP contribution is -2.37. The van der Waals surface area contributed by atoms with Gasteiger partial charge in [-0.3, -0.25) is 0 Å². The van der Waals surface area contributed by atoms with Crippen molar-refractivity contribution in [3.63, 3.8) is 0 Å². The first-order valence-corrected chi connectivity index (χ1v) is 9.53. The van der Waals surface area contributed by atoms with E-state index in [9.17, 15) is 8.42 Å². The van der Waals surface area contributed by atoms with Gasteiger partial charge in [0.15, 0.2) is 0 Å². The zero-order chi connectivity index (χ0) is 15.1.